The van der Waals surface area contributed by atoms with Crippen molar-refractivity contribution in [2.75, 3.05) is 11.9 Å². The van der Waals surface area contributed by atoms with Crippen molar-refractivity contribution in [3.8, 4) is 0 Å². The molecule has 126 valence electrons. The van der Waals surface area contributed by atoms with Gasteiger partial charge in [0.1, 0.15) is 0 Å². The summed E-state index contributed by atoms with van der Waals surface area (Å²) in [5.74, 6) is -2.63. The fraction of sp³-hybridized carbons (Fsp3) is 0.111. The number of benzene rings is 2. The van der Waals surface area contributed by atoms with Gasteiger partial charge in [-0.15, -0.1) is 0 Å². The second-order valence-electron chi connectivity index (χ2n) is 5.47. The van der Waals surface area contributed by atoms with Crippen molar-refractivity contribution in [3.63, 3.8) is 0 Å². The quantitative estimate of drug-likeness (QED) is 0.807. The fourth-order valence-electron chi connectivity index (χ4n) is 2.60. The molecule has 0 spiro atoms. The maximum atomic E-state index is 12.2. The lowest BCUT2D eigenvalue weighted by molar-refractivity contribution is -0.255. The SMILES string of the molecule is O=C(CCN1C(=O)c2ccccc2C1=O)Nc1cccc(C(=O)[O-])c1. The number of carbonyl (C=O) groups is 4. The molecule has 1 N–H and O–H groups in total. The minimum absolute atomic E-state index is 0.0572. The number of carboxylic acids is 1. The van der Waals surface area contributed by atoms with Crippen molar-refractivity contribution >= 4 is 29.4 Å². The van der Waals surface area contributed by atoms with Crippen molar-refractivity contribution in [1.29, 1.82) is 0 Å². The first-order chi connectivity index (χ1) is 12.0. The lowest BCUT2D eigenvalue weighted by atomic mass is 10.1. The summed E-state index contributed by atoms with van der Waals surface area (Å²) >= 11 is 0. The van der Waals surface area contributed by atoms with Gasteiger partial charge in [0.05, 0.1) is 17.1 Å². The Balaban J connectivity index is 1.62. The van der Waals surface area contributed by atoms with Crippen LogP contribution in [-0.4, -0.2) is 35.1 Å². The third-order valence-corrected chi connectivity index (χ3v) is 3.82. The van der Waals surface area contributed by atoms with Gasteiger partial charge in [0.2, 0.25) is 5.91 Å². The van der Waals surface area contributed by atoms with Gasteiger partial charge in [-0.1, -0.05) is 24.3 Å². The van der Waals surface area contributed by atoms with E-state index in [4.69, 9.17) is 0 Å². The number of nitrogens with one attached hydrogen (secondary N) is 1. The molecule has 0 atom stereocenters. The highest BCUT2D eigenvalue weighted by Crippen LogP contribution is 2.22. The van der Waals surface area contributed by atoms with Crippen LogP contribution in [0.4, 0.5) is 5.69 Å². The van der Waals surface area contributed by atoms with Crippen LogP contribution < -0.4 is 10.4 Å². The fourth-order valence-corrected chi connectivity index (χ4v) is 2.60. The summed E-state index contributed by atoms with van der Waals surface area (Å²) in [4.78, 5) is 48.3. The van der Waals surface area contributed by atoms with Gasteiger partial charge in [0, 0.05) is 18.7 Å². The first kappa shape index (κ1) is 16.4. The van der Waals surface area contributed by atoms with Gasteiger partial charge in [-0.25, -0.2) is 0 Å². The number of rotatable bonds is 5. The number of aromatic carboxylic acids is 1. The zero-order chi connectivity index (χ0) is 18.0. The number of amides is 3. The Morgan fingerprint density at radius 1 is 0.960 bits per heavy atom. The summed E-state index contributed by atoms with van der Waals surface area (Å²) < 4.78 is 0. The van der Waals surface area contributed by atoms with E-state index in [1.165, 1.54) is 24.3 Å². The molecule has 7 nitrogen and oxygen atoms in total. The summed E-state index contributed by atoms with van der Waals surface area (Å²) in [6.45, 7) is -0.0572. The lowest BCUT2D eigenvalue weighted by Gasteiger charge is -2.14. The van der Waals surface area contributed by atoms with Crippen molar-refractivity contribution in [1.82, 2.24) is 4.90 Å². The molecule has 3 rings (SSSR count). The summed E-state index contributed by atoms with van der Waals surface area (Å²) in [6, 6.07) is 12.1. The van der Waals surface area contributed by atoms with Crippen LogP contribution in [0.2, 0.25) is 0 Å². The van der Waals surface area contributed by atoms with Crippen LogP contribution in [0.15, 0.2) is 48.5 Å². The molecule has 2 aromatic carbocycles. The monoisotopic (exact) mass is 337 g/mol. The van der Waals surface area contributed by atoms with Crippen LogP contribution in [0.1, 0.15) is 37.5 Å². The molecule has 7 heteroatoms. The van der Waals surface area contributed by atoms with Crippen LogP contribution in [0, 0.1) is 0 Å². The normalized spacial score (nSPS) is 12.9. The van der Waals surface area contributed by atoms with E-state index in [2.05, 4.69) is 5.32 Å². The van der Waals surface area contributed by atoms with E-state index < -0.39 is 23.7 Å². The second-order valence-corrected chi connectivity index (χ2v) is 5.47. The summed E-state index contributed by atoms with van der Waals surface area (Å²) in [5.41, 5.74) is 0.899. The molecule has 1 aliphatic rings. The molecule has 2 aromatic rings. The highest BCUT2D eigenvalue weighted by Gasteiger charge is 2.34. The Kier molecular flexibility index (Phi) is 4.30. The minimum atomic E-state index is -1.35. The second kappa shape index (κ2) is 6.56. The van der Waals surface area contributed by atoms with Crippen LogP contribution >= 0.6 is 0 Å². The largest absolute Gasteiger partial charge is 0.545 e. The molecule has 0 aromatic heterocycles. The molecule has 3 amide bonds. The van der Waals surface area contributed by atoms with Crippen LogP contribution in [-0.2, 0) is 4.79 Å². The van der Waals surface area contributed by atoms with E-state index in [9.17, 15) is 24.3 Å². The Morgan fingerprint density at radius 3 is 2.20 bits per heavy atom. The van der Waals surface area contributed by atoms with Crippen LogP contribution in [0.25, 0.3) is 0 Å². The van der Waals surface area contributed by atoms with E-state index in [-0.39, 0.29) is 18.5 Å². The number of carboxylic acid groups (broad SMARTS) is 1. The molecule has 1 heterocycles. The van der Waals surface area contributed by atoms with E-state index >= 15 is 0 Å². The number of anilines is 1. The average molecular weight is 337 g/mol. The van der Waals surface area contributed by atoms with Crippen LogP contribution in [0.3, 0.4) is 0 Å². The van der Waals surface area contributed by atoms with E-state index in [1.807, 2.05) is 0 Å². The van der Waals surface area contributed by atoms with Crippen molar-refractivity contribution in [2.45, 2.75) is 6.42 Å². The highest BCUT2D eigenvalue weighted by atomic mass is 16.4. The maximum absolute atomic E-state index is 12.2. The van der Waals surface area contributed by atoms with E-state index in [0.29, 0.717) is 16.8 Å². The summed E-state index contributed by atoms with van der Waals surface area (Å²) in [6.07, 6.45) is -0.0962. The molecule has 1 aliphatic heterocycles. The number of carbonyl (C=O) groups excluding carboxylic acids is 4. The average Bonchev–Trinajstić information content (AvgIpc) is 2.85. The first-order valence-corrected chi connectivity index (χ1v) is 7.54. The van der Waals surface area contributed by atoms with E-state index in [1.54, 1.807) is 24.3 Å². The molecule has 0 saturated heterocycles. The lowest BCUT2D eigenvalue weighted by Crippen LogP contribution is -2.32. The van der Waals surface area contributed by atoms with Gasteiger partial charge in [0.25, 0.3) is 11.8 Å². The van der Waals surface area contributed by atoms with E-state index in [0.717, 1.165) is 4.90 Å². The predicted molar refractivity (Wildman–Crippen MR) is 85.8 cm³/mol. The standard InChI is InChI=1S/C18H14N2O5/c21-15(19-12-5-3-4-11(10-12)18(24)25)8-9-20-16(22)13-6-1-2-7-14(13)17(20)23/h1-7,10H,8-9H2,(H,19,21)(H,24,25)/p-1. The summed E-state index contributed by atoms with van der Waals surface area (Å²) in [5, 5.41) is 13.3. The Labute approximate surface area is 142 Å². The smallest absolute Gasteiger partial charge is 0.261 e. The topological polar surface area (TPSA) is 107 Å². The van der Waals surface area contributed by atoms with Crippen molar-refractivity contribution < 1.29 is 24.3 Å². The van der Waals surface area contributed by atoms with Gasteiger partial charge in [-0.2, -0.15) is 0 Å². The number of imide groups is 1. The number of nitrogens with zero attached hydrogens (tertiary/aromatic N) is 1. The molecule has 0 unspecified atom stereocenters. The Hall–Kier alpha value is -3.48. The maximum Gasteiger partial charge on any atom is 0.261 e. The Bertz CT molecular complexity index is 856. The number of hydrogen-bond donors (Lipinski definition) is 1. The minimum Gasteiger partial charge on any atom is -0.545 e. The van der Waals surface area contributed by atoms with Crippen molar-refractivity contribution in [2.24, 2.45) is 0 Å². The molecule has 0 radical (unpaired) electrons. The third kappa shape index (κ3) is 3.25. The predicted octanol–water partition coefficient (Wildman–Crippen LogP) is 0.675. The van der Waals surface area contributed by atoms with Crippen molar-refractivity contribution in [3.05, 3.63) is 65.2 Å². The molecule has 0 aliphatic carbocycles. The van der Waals surface area contributed by atoms with Gasteiger partial charge in [-0.05, 0) is 29.8 Å². The third-order valence-electron chi connectivity index (χ3n) is 3.82. The molecule has 0 saturated carbocycles. The molecular formula is C18H13N2O5-. The number of hydrogen-bond acceptors (Lipinski definition) is 5. The number of fused-ring (bicyclic) bond motifs is 1. The molecule has 25 heavy (non-hydrogen) atoms. The highest BCUT2D eigenvalue weighted by molar-refractivity contribution is 6.21. The zero-order valence-electron chi connectivity index (χ0n) is 13.0. The molecular weight excluding hydrogens is 324 g/mol. The van der Waals surface area contributed by atoms with Gasteiger partial charge < -0.3 is 15.2 Å². The molecule has 0 bridgehead atoms. The Morgan fingerprint density at radius 2 is 1.60 bits per heavy atom. The zero-order valence-corrected chi connectivity index (χ0v) is 13.0. The van der Waals surface area contributed by atoms with Gasteiger partial charge >= 0.3 is 0 Å². The van der Waals surface area contributed by atoms with Crippen LogP contribution in [0.5, 0.6) is 0 Å². The van der Waals surface area contributed by atoms with Gasteiger partial charge in [-0.3, -0.25) is 19.3 Å². The van der Waals surface area contributed by atoms with Gasteiger partial charge in [0.15, 0.2) is 0 Å². The first-order valence-electron chi connectivity index (χ1n) is 7.54. The molecule has 0 fully saturated rings. The summed E-state index contributed by atoms with van der Waals surface area (Å²) in [7, 11) is 0.